The summed E-state index contributed by atoms with van der Waals surface area (Å²) in [6.07, 6.45) is 3.25. The molecule has 8 rings (SSSR count). The van der Waals surface area contributed by atoms with Gasteiger partial charge in [0.15, 0.2) is 5.82 Å². The number of anilines is 1. The molecule has 0 unspecified atom stereocenters. The van der Waals surface area contributed by atoms with Crippen LogP contribution in [-0.4, -0.2) is 48.1 Å². The normalized spacial score (nSPS) is 14.5. The maximum atomic E-state index is 15.1. The number of carbonyl (C=O) groups excluding carboxylic acids is 1. The van der Waals surface area contributed by atoms with Crippen molar-refractivity contribution >= 4 is 56.6 Å². The lowest BCUT2D eigenvalue weighted by atomic mass is 9.98. The van der Waals surface area contributed by atoms with Crippen LogP contribution in [0.2, 0.25) is 10.0 Å². The van der Waals surface area contributed by atoms with Gasteiger partial charge in [0.2, 0.25) is 0 Å². The van der Waals surface area contributed by atoms with Crippen LogP contribution in [0.3, 0.4) is 0 Å². The summed E-state index contributed by atoms with van der Waals surface area (Å²) in [5, 5.41) is 11.8. The minimum absolute atomic E-state index is 0.103. The zero-order valence-corrected chi connectivity index (χ0v) is 32.1. The number of halogens is 2. The van der Waals surface area contributed by atoms with Gasteiger partial charge < -0.3 is 18.8 Å². The molecule has 1 aliphatic rings. The van der Waals surface area contributed by atoms with E-state index in [-0.39, 0.29) is 11.9 Å². The molecule has 272 valence electrons. The summed E-state index contributed by atoms with van der Waals surface area (Å²) in [6, 6.07) is 13.5. The first-order valence-electron chi connectivity index (χ1n) is 17.6. The topological polar surface area (TPSA) is 116 Å². The van der Waals surface area contributed by atoms with E-state index in [4.69, 9.17) is 37.6 Å². The molecule has 7 aromatic rings. The highest BCUT2D eigenvalue weighted by molar-refractivity contribution is 6.35. The molecule has 4 aromatic heterocycles. The summed E-state index contributed by atoms with van der Waals surface area (Å²) >= 11 is 13.5. The number of fused-ring (bicyclic) bond motifs is 4. The number of hydrogen-bond acceptors (Lipinski definition) is 6. The number of amides is 1. The highest BCUT2D eigenvalue weighted by atomic mass is 35.5. The van der Waals surface area contributed by atoms with Gasteiger partial charge in [-0.25, -0.2) is 4.79 Å². The quantitative estimate of drug-likeness (QED) is 0.156. The van der Waals surface area contributed by atoms with Gasteiger partial charge in [-0.1, -0.05) is 34.4 Å². The van der Waals surface area contributed by atoms with Crippen molar-refractivity contribution < 1.29 is 14.1 Å². The molecule has 13 heteroatoms. The Bertz CT molecular complexity index is 2650. The standard InChI is InChI=1S/C40H39Cl2N7O4/c1-20-15-26(16-21(2)35(20)42)52-14-8-9-27-28-11-12-30(41)34(33-23(4)44-47(7)24(33)5)36(28)49-22(3)18-48(39(50)37(27)49)32-19-46(6)31-13-10-25(17-29(31)32)38-43-40(51)53-45-38/h10-13,15-17,19,22H,8-9,14,18H2,1-7H3,(H,43,45,51)/t22-/m1/s1. The second-order valence-corrected chi connectivity index (χ2v) is 14.9. The fraction of sp³-hybridized carbons (Fsp3) is 0.300. The van der Waals surface area contributed by atoms with E-state index in [0.29, 0.717) is 48.1 Å². The number of H-pyrrole nitrogens is 1. The van der Waals surface area contributed by atoms with E-state index < -0.39 is 5.76 Å². The molecule has 0 saturated carbocycles. The monoisotopic (exact) mass is 751 g/mol. The summed E-state index contributed by atoms with van der Waals surface area (Å²) in [4.78, 5) is 31.4. The second-order valence-electron chi connectivity index (χ2n) is 14.1. The summed E-state index contributed by atoms with van der Waals surface area (Å²) in [7, 11) is 3.89. The third-order valence-corrected chi connectivity index (χ3v) is 11.4. The molecule has 0 spiro atoms. The van der Waals surface area contributed by atoms with Crippen LogP contribution in [0.25, 0.3) is 44.3 Å². The lowest BCUT2D eigenvalue weighted by Crippen LogP contribution is -2.42. The van der Waals surface area contributed by atoms with Crippen LogP contribution in [0.5, 0.6) is 5.75 Å². The minimum atomic E-state index is -0.631. The zero-order chi connectivity index (χ0) is 37.5. The van der Waals surface area contributed by atoms with Crippen molar-refractivity contribution in [1.29, 1.82) is 0 Å². The van der Waals surface area contributed by atoms with E-state index in [0.717, 1.165) is 77.5 Å². The van der Waals surface area contributed by atoms with Crippen LogP contribution < -0.4 is 15.4 Å². The maximum Gasteiger partial charge on any atom is 0.439 e. The molecular formula is C40H39Cl2N7O4. The van der Waals surface area contributed by atoms with Gasteiger partial charge in [0.05, 0.1) is 28.5 Å². The first-order chi connectivity index (χ1) is 25.3. The number of aromatic amines is 1. The molecule has 0 aliphatic carbocycles. The van der Waals surface area contributed by atoms with Crippen LogP contribution >= 0.6 is 23.2 Å². The second kappa shape index (κ2) is 13.0. The maximum absolute atomic E-state index is 15.1. The largest absolute Gasteiger partial charge is 0.494 e. The van der Waals surface area contributed by atoms with Crippen molar-refractivity contribution in [3.05, 3.63) is 103 Å². The number of carbonyl (C=O) groups is 1. The lowest BCUT2D eigenvalue weighted by Gasteiger charge is -2.34. The Hall–Kier alpha value is -5.26. The van der Waals surface area contributed by atoms with Crippen LogP contribution in [0.1, 0.15) is 58.0 Å². The average molecular weight is 753 g/mol. The van der Waals surface area contributed by atoms with Crippen LogP contribution in [-0.2, 0) is 20.5 Å². The van der Waals surface area contributed by atoms with E-state index in [1.165, 1.54) is 0 Å². The molecule has 0 radical (unpaired) electrons. The molecule has 1 atom stereocenters. The number of nitrogens with zero attached hydrogens (tertiary/aromatic N) is 6. The Labute approximate surface area is 315 Å². The SMILES string of the molecule is Cc1cc(OCCCc2c3n(c4c(-c5c(C)nn(C)c5C)c(Cl)ccc24)[C@H](C)CN(c2cn(C)c4ccc(-c5noc(=O)[nH]5)cc24)C3=O)cc(C)c1Cl. The molecule has 53 heavy (non-hydrogen) atoms. The van der Waals surface area contributed by atoms with Crippen LogP contribution in [0, 0.1) is 27.7 Å². The summed E-state index contributed by atoms with van der Waals surface area (Å²) in [5.41, 5.74) is 10.5. The molecule has 0 saturated heterocycles. The number of nitrogens with one attached hydrogen (secondary N) is 1. The number of aryl methyl sites for hydroxylation is 6. The molecule has 1 N–H and O–H groups in total. The smallest absolute Gasteiger partial charge is 0.439 e. The van der Waals surface area contributed by atoms with Crippen LogP contribution in [0.15, 0.2) is 58.0 Å². The van der Waals surface area contributed by atoms with Gasteiger partial charge in [-0.3, -0.25) is 19.0 Å². The van der Waals surface area contributed by atoms with Crippen molar-refractivity contribution in [3.8, 4) is 28.3 Å². The summed E-state index contributed by atoms with van der Waals surface area (Å²) in [5.74, 6) is 0.358. The molecule has 1 amide bonds. The van der Waals surface area contributed by atoms with Crippen molar-refractivity contribution in [2.45, 2.75) is 53.5 Å². The van der Waals surface area contributed by atoms with Gasteiger partial charge in [-0.05, 0) is 101 Å². The van der Waals surface area contributed by atoms with Crippen molar-refractivity contribution in [2.24, 2.45) is 14.1 Å². The van der Waals surface area contributed by atoms with E-state index >= 15 is 4.79 Å². The summed E-state index contributed by atoms with van der Waals surface area (Å²) in [6.45, 7) is 11.0. The van der Waals surface area contributed by atoms with E-state index in [2.05, 4.69) is 21.6 Å². The minimum Gasteiger partial charge on any atom is -0.494 e. The van der Waals surface area contributed by atoms with E-state index in [9.17, 15) is 4.79 Å². The molecule has 3 aromatic carbocycles. The number of rotatable bonds is 8. The molecule has 0 fully saturated rings. The average Bonchev–Trinajstić information content (AvgIpc) is 3.86. The van der Waals surface area contributed by atoms with Gasteiger partial charge in [-0.2, -0.15) is 5.10 Å². The Morgan fingerprint density at radius 2 is 1.74 bits per heavy atom. The molecular weight excluding hydrogens is 713 g/mol. The molecule has 5 heterocycles. The molecule has 11 nitrogen and oxygen atoms in total. The van der Waals surface area contributed by atoms with Gasteiger partial charge in [0, 0.05) is 76.6 Å². The number of hydrogen-bond donors (Lipinski definition) is 1. The number of aromatic nitrogens is 6. The Kier molecular flexibility index (Phi) is 8.54. The third-order valence-electron chi connectivity index (χ3n) is 10.5. The first-order valence-corrected chi connectivity index (χ1v) is 18.3. The van der Waals surface area contributed by atoms with Gasteiger partial charge in [0.1, 0.15) is 11.4 Å². The molecule has 0 bridgehead atoms. The predicted molar refractivity (Wildman–Crippen MR) is 209 cm³/mol. The van der Waals surface area contributed by atoms with Crippen molar-refractivity contribution in [2.75, 3.05) is 18.1 Å². The fourth-order valence-electron chi connectivity index (χ4n) is 8.03. The first kappa shape index (κ1) is 34.8. The van der Waals surface area contributed by atoms with Crippen molar-refractivity contribution in [1.82, 2.24) is 29.1 Å². The highest BCUT2D eigenvalue weighted by Crippen LogP contribution is 2.46. The highest BCUT2D eigenvalue weighted by Gasteiger charge is 2.37. The van der Waals surface area contributed by atoms with Gasteiger partial charge >= 0.3 is 5.76 Å². The predicted octanol–water partition coefficient (Wildman–Crippen LogP) is 8.65. The Morgan fingerprint density at radius 1 is 0.981 bits per heavy atom. The number of benzene rings is 3. The van der Waals surface area contributed by atoms with Gasteiger partial charge in [-0.15, -0.1) is 0 Å². The fourth-order valence-corrected chi connectivity index (χ4v) is 8.38. The lowest BCUT2D eigenvalue weighted by molar-refractivity contribution is 0.0957. The van der Waals surface area contributed by atoms with Gasteiger partial charge in [0.25, 0.3) is 5.91 Å². The summed E-state index contributed by atoms with van der Waals surface area (Å²) < 4.78 is 17.1. The van der Waals surface area contributed by atoms with E-state index in [1.54, 1.807) is 0 Å². The van der Waals surface area contributed by atoms with E-state index in [1.807, 2.05) is 105 Å². The molecule has 1 aliphatic heterocycles. The Morgan fingerprint density at radius 3 is 2.42 bits per heavy atom. The van der Waals surface area contributed by atoms with Crippen molar-refractivity contribution in [3.63, 3.8) is 0 Å². The third kappa shape index (κ3) is 5.64. The van der Waals surface area contributed by atoms with Crippen LogP contribution in [0.4, 0.5) is 5.69 Å². The Balaban J connectivity index is 1.26. The number of ether oxygens (including phenoxy) is 1. The zero-order valence-electron chi connectivity index (χ0n) is 30.6.